The molecule has 22 heavy (non-hydrogen) atoms. The highest BCUT2D eigenvalue weighted by atomic mass is 16.2. The molecule has 0 aliphatic heterocycles. The second-order valence-electron chi connectivity index (χ2n) is 5.50. The number of pyridine rings is 1. The Kier molecular flexibility index (Phi) is 5.49. The maximum absolute atomic E-state index is 11.9. The van der Waals surface area contributed by atoms with Crippen LogP contribution in [0.4, 0.5) is 0 Å². The molecule has 5 heteroatoms. The minimum absolute atomic E-state index is 0.0401. The maximum Gasteiger partial charge on any atom is 0.250 e. The number of nitrogens with zero attached hydrogens (tertiary/aromatic N) is 2. The molecular weight excluding hydrogens is 278 g/mol. The summed E-state index contributed by atoms with van der Waals surface area (Å²) < 4.78 is 1.38. The van der Waals surface area contributed by atoms with Crippen molar-refractivity contribution < 1.29 is 4.79 Å². The van der Waals surface area contributed by atoms with Gasteiger partial charge in [0.05, 0.1) is 0 Å². The molecule has 116 valence electrons. The summed E-state index contributed by atoms with van der Waals surface area (Å²) in [6.07, 6.45) is 1.61. The van der Waals surface area contributed by atoms with Crippen LogP contribution in [0.3, 0.4) is 0 Å². The van der Waals surface area contributed by atoms with Crippen LogP contribution in [0.5, 0.6) is 0 Å². The molecule has 0 radical (unpaired) electrons. The normalized spacial score (nSPS) is 10.7. The molecule has 1 aromatic carbocycles. The molecule has 0 saturated carbocycles. The van der Waals surface area contributed by atoms with Gasteiger partial charge in [-0.2, -0.15) is 0 Å². The van der Waals surface area contributed by atoms with Gasteiger partial charge in [0.1, 0.15) is 6.54 Å². The Balaban J connectivity index is 1.86. The Morgan fingerprint density at radius 1 is 1.09 bits per heavy atom. The van der Waals surface area contributed by atoms with Crippen LogP contribution >= 0.6 is 0 Å². The molecule has 0 aliphatic carbocycles. The van der Waals surface area contributed by atoms with Crippen LogP contribution in [0.1, 0.15) is 11.1 Å². The van der Waals surface area contributed by atoms with E-state index in [-0.39, 0.29) is 18.0 Å². The van der Waals surface area contributed by atoms with E-state index in [4.69, 9.17) is 0 Å². The summed E-state index contributed by atoms with van der Waals surface area (Å²) >= 11 is 0. The fourth-order valence-corrected chi connectivity index (χ4v) is 2.13. The van der Waals surface area contributed by atoms with Gasteiger partial charge in [0.15, 0.2) is 0 Å². The Bertz CT molecular complexity index is 675. The summed E-state index contributed by atoms with van der Waals surface area (Å²) in [4.78, 5) is 25.5. The van der Waals surface area contributed by atoms with E-state index in [1.165, 1.54) is 16.2 Å². The standard InChI is InChI=1S/C17H21N3O2/c1-19(2)12-15-8-6-14(7-9-15)11-18-16(21)13-20-10-4-3-5-17(20)22/h3-10H,11-13H2,1-2H3,(H,18,21). The van der Waals surface area contributed by atoms with Crippen LogP contribution in [0.25, 0.3) is 0 Å². The van der Waals surface area contributed by atoms with E-state index in [1.807, 2.05) is 26.2 Å². The third-order valence-electron chi connectivity index (χ3n) is 3.22. The highest BCUT2D eigenvalue weighted by Crippen LogP contribution is 2.06. The van der Waals surface area contributed by atoms with Crippen LogP contribution < -0.4 is 10.9 Å². The molecule has 0 fully saturated rings. The van der Waals surface area contributed by atoms with Crippen molar-refractivity contribution in [2.24, 2.45) is 0 Å². The van der Waals surface area contributed by atoms with Crippen LogP contribution in [0.2, 0.25) is 0 Å². The average molecular weight is 299 g/mol. The molecule has 0 spiro atoms. The van der Waals surface area contributed by atoms with Crippen molar-refractivity contribution in [2.75, 3.05) is 14.1 Å². The Morgan fingerprint density at radius 3 is 2.41 bits per heavy atom. The van der Waals surface area contributed by atoms with E-state index < -0.39 is 0 Å². The number of carbonyl (C=O) groups excluding carboxylic acids is 1. The monoisotopic (exact) mass is 299 g/mol. The van der Waals surface area contributed by atoms with Gasteiger partial charge in [0, 0.05) is 25.4 Å². The van der Waals surface area contributed by atoms with Gasteiger partial charge in [-0.25, -0.2) is 0 Å². The molecule has 0 atom stereocenters. The molecule has 1 heterocycles. The summed E-state index contributed by atoms with van der Waals surface area (Å²) in [6.45, 7) is 1.39. The summed E-state index contributed by atoms with van der Waals surface area (Å²) in [5, 5.41) is 2.83. The largest absolute Gasteiger partial charge is 0.350 e. The van der Waals surface area contributed by atoms with Crippen LogP contribution in [0, 0.1) is 0 Å². The second-order valence-corrected chi connectivity index (χ2v) is 5.50. The number of carbonyl (C=O) groups is 1. The lowest BCUT2D eigenvalue weighted by molar-refractivity contribution is -0.121. The van der Waals surface area contributed by atoms with Crippen LogP contribution in [0.15, 0.2) is 53.5 Å². The van der Waals surface area contributed by atoms with Crippen LogP contribution in [-0.4, -0.2) is 29.5 Å². The lowest BCUT2D eigenvalue weighted by atomic mass is 10.1. The van der Waals surface area contributed by atoms with Gasteiger partial charge in [0.2, 0.25) is 5.91 Å². The van der Waals surface area contributed by atoms with Gasteiger partial charge in [-0.15, -0.1) is 0 Å². The number of rotatable bonds is 6. The topological polar surface area (TPSA) is 54.3 Å². The van der Waals surface area contributed by atoms with E-state index >= 15 is 0 Å². The quantitative estimate of drug-likeness (QED) is 0.873. The van der Waals surface area contributed by atoms with E-state index in [0.717, 1.165) is 12.1 Å². The van der Waals surface area contributed by atoms with Crippen molar-refractivity contribution in [3.8, 4) is 0 Å². The first-order chi connectivity index (χ1) is 10.5. The van der Waals surface area contributed by atoms with Crippen molar-refractivity contribution in [1.29, 1.82) is 0 Å². The molecule has 5 nitrogen and oxygen atoms in total. The minimum atomic E-state index is -0.175. The number of hydrogen-bond acceptors (Lipinski definition) is 3. The van der Waals surface area contributed by atoms with E-state index in [1.54, 1.807) is 18.3 Å². The van der Waals surface area contributed by atoms with Crippen molar-refractivity contribution in [3.05, 3.63) is 70.1 Å². The van der Waals surface area contributed by atoms with Crippen LogP contribution in [-0.2, 0) is 24.4 Å². The number of amides is 1. The summed E-state index contributed by atoms with van der Waals surface area (Å²) in [5.41, 5.74) is 2.10. The highest BCUT2D eigenvalue weighted by Gasteiger charge is 2.04. The lowest BCUT2D eigenvalue weighted by Crippen LogP contribution is -2.31. The fourth-order valence-electron chi connectivity index (χ4n) is 2.13. The Morgan fingerprint density at radius 2 is 1.77 bits per heavy atom. The van der Waals surface area contributed by atoms with E-state index in [2.05, 4.69) is 22.3 Å². The number of nitrogens with one attached hydrogen (secondary N) is 1. The molecule has 1 N–H and O–H groups in total. The van der Waals surface area contributed by atoms with Gasteiger partial charge in [0.25, 0.3) is 5.56 Å². The van der Waals surface area contributed by atoms with Gasteiger partial charge in [-0.05, 0) is 31.3 Å². The molecule has 1 amide bonds. The first-order valence-corrected chi connectivity index (χ1v) is 7.19. The van der Waals surface area contributed by atoms with Crippen molar-refractivity contribution >= 4 is 5.91 Å². The zero-order valence-electron chi connectivity index (χ0n) is 13.0. The second kappa shape index (κ2) is 7.56. The van der Waals surface area contributed by atoms with Crippen molar-refractivity contribution in [3.63, 3.8) is 0 Å². The summed E-state index contributed by atoms with van der Waals surface area (Å²) in [5.74, 6) is -0.175. The SMILES string of the molecule is CN(C)Cc1ccc(CNC(=O)Cn2ccccc2=O)cc1. The summed E-state index contributed by atoms with van der Waals surface area (Å²) in [6, 6.07) is 13.0. The lowest BCUT2D eigenvalue weighted by Gasteiger charge is -2.11. The smallest absolute Gasteiger partial charge is 0.250 e. The zero-order valence-corrected chi connectivity index (χ0v) is 13.0. The third-order valence-corrected chi connectivity index (χ3v) is 3.22. The molecule has 0 bridgehead atoms. The fraction of sp³-hybridized carbons (Fsp3) is 0.294. The Labute approximate surface area is 130 Å². The van der Waals surface area contributed by atoms with E-state index in [9.17, 15) is 9.59 Å². The predicted molar refractivity (Wildman–Crippen MR) is 86.4 cm³/mol. The van der Waals surface area contributed by atoms with E-state index in [0.29, 0.717) is 6.54 Å². The molecular formula is C17H21N3O2. The number of benzene rings is 1. The van der Waals surface area contributed by atoms with Crippen molar-refractivity contribution in [2.45, 2.75) is 19.6 Å². The average Bonchev–Trinajstić information content (AvgIpc) is 2.48. The molecule has 2 aromatic rings. The third kappa shape index (κ3) is 4.86. The van der Waals surface area contributed by atoms with Crippen molar-refractivity contribution in [1.82, 2.24) is 14.8 Å². The van der Waals surface area contributed by atoms with Gasteiger partial charge in [-0.1, -0.05) is 30.3 Å². The number of hydrogen-bond donors (Lipinski definition) is 1. The first kappa shape index (κ1) is 16.0. The molecule has 0 saturated heterocycles. The van der Waals surface area contributed by atoms with Gasteiger partial charge in [-0.3, -0.25) is 9.59 Å². The number of aromatic nitrogens is 1. The highest BCUT2D eigenvalue weighted by molar-refractivity contribution is 5.75. The zero-order chi connectivity index (χ0) is 15.9. The molecule has 2 rings (SSSR count). The molecule has 1 aromatic heterocycles. The predicted octanol–water partition coefficient (Wildman–Crippen LogP) is 1.23. The minimum Gasteiger partial charge on any atom is -0.350 e. The Hall–Kier alpha value is -2.40. The van der Waals surface area contributed by atoms with Gasteiger partial charge >= 0.3 is 0 Å². The summed E-state index contributed by atoms with van der Waals surface area (Å²) in [7, 11) is 4.05. The molecule has 0 unspecified atom stereocenters. The maximum atomic E-state index is 11.9. The van der Waals surface area contributed by atoms with Gasteiger partial charge < -0.3 is 14.8 Å². The molecule has 0 aliphatic rings. The first-order valence-electron chi connectivity index (χ1n) is 7.19.